The van der Waals surface area contributed by atoms with Crippen LogP contribution in [0.3, 0.4) is 0 Å². The fourth-order valence-electron chi connectivity index (χ4n) is 3.58. The van der Waals surface area contributed by atoms with Crippen LogP contribution in [0.25, 0.3) is 0 Å². The predicted octanol–water partition coefficient (Wildman–Crippen LogP) is -2.64. The first-order valence-electron chi connectivity index (χ1n) is 13.0. The van der Waals surface area contributed by atoms with Crippen molar-refractivity contribution in [3.05, 3.63) is 6.42 Å². The quantitative estimate of drug-likeness (QED) is 0.0762. The molecule has 2 aliphatic rings. The minimum Gasteiger partial charge on any atom is -0.354 e. The number of imide groups is 2. The summed E-state index contributed by atoms with van der Waals surface area (Å²) in [5.41, 5.74) is 0. The summed E-state index contributed by atoms with van der Waals surface area (Å²) in [5, 5.41) is 10.2. The molecule has 2 aliphatic heterocycles. The first-order chi connectivity index (χ1) is 19.4. The van der Waals surface area contributed by atoms with E-state index in [4.69, 9.17) is 0 Å². The van der Waals surface area contributed by atoms with Crippen LogP contribution in [-0.2, 0) is 48.0 Å². The van der Waals surface area contributed by atoms with E-state index in [1.165, 1.54) is 4.90 Å². The second kappa shape index (κ2) is 20.6. The van der Waals surface area contributed by atoms with Gasteiger partial charge in [-0.3, -0.25) is 40.1 Å². The molecule has 2 fully saturated rings. The van der Waals surface area contributed by atoms with Crippen LogP contribution < -0.4 is 21.3 Å². The second-order valence-corrected chi connectivity index (χ2v) is 9.32. The fourth-order valence-corrected chi connectivity index (χ4v) is 3.58. The van der Waals surface area contributed by atoms with Crippen LogP contribution in [0.4, 0.5) is 0 Å². The van der Waals surface area contributed by atoms with E-state index in [2.05, 4.69) is 26.1 Å². The van der Waals surface area contributed by atoms with Crippen molar-refractivity contribution in [3.8, 4) is 0 Å². The Morgan fingerprint density at radius 1 is 0.976 bits per heavy atom. The molecule has 1 atom stereocenters. The van der Waals surface area contributed by atoms with Crippen molar-refractivity contribution >= 4 is 53.6 Å². The summed E-state index contributed by atoms with van der Waals surface area (Å²) in [7, 11) is 1.62. The number of hydrogen-bond acceptors (Lipinski definition) is 11. The van der Waals surface area contributed by atoms with Crippen LogP contribution in [0.2, 0.25) is 0 Å². The zero-order chi connectivity index (χ0) is 30.9. The molecule has 0 radical (unpaired) electrons. The molecule has 2 saturated heterocycles. The van der Waals surface area contributed by atoms with Gasteiger partial charge >= 0.3 is 5.97 Å². The van der Waals surface area contributed by atoms with E-state index in [1.807, 2.05) is 13.8 Å². The van der Waals surface area contributed by atoms with Crippen molar-refractivity contribution in [2.24, 2.45) is 11.8 Å². The van der Waals surface area contributed by atoms with Gasteiger partial charge in [-0.2, -0.15) is 0 Å². The van der Waals surface area contributed by atoms with Gasteiger partial charge in [-0.25, -0.2) is 4.79 Å². The molecule has 232 valence electrons. The molecule has 0 bridgehead atoms. The fraction of sp³-hybridized carbons (Fsp3) is 0.600. The number of rotatable bonds is 15. The molecule has 0 aromatic heterocycles. The number of likely N-dealkylation sites (N-methyl/N-ethyl adjacent to an activating group) is 1. The molecule has 0 aliphatic carbocycles. The van der Waals surface area contributed by atoms with Crippen LogP contribution in [-0.4, -0.2) is 103 Å². The van der Waals surface area contributed by atoms with Gasteiger partial charge in [0.25, 0.3) is 0 Å². The number of likely N-dealkylation sites (tertiary alicyclic amines) is 1. The number of carbonyl (C=O) groups excluding carboxylic acids is 9. The molecular formula is C25H37N6O10U-. The second-order valence-electron chi connectivity index (χ2n) is 9.32. The monoisotopic (exact) mass is 819 g/mol. The molecule has 2 rings (SSSR count). The Morgan fingerprint density at radius 2 is 1.64 bits per heavy atom. The molecular weight excluding hydrogens is 782 g/mol. The number of hydroxylamine groups is 2. The predicted molar refractivity (Wildman–Crippen MR) is 139 cm³/mol. The van der Waals surface area contributed by atoms with Crippen LogP contribution in [0.1, 0.15) is 46.0 Å². The first-order valence-corrected chi connectivity index (χ1v) is 13.0. The summed E-state index contributed by atoms with van der Waals surface area (Å²) in [4.78, 5) is 107. The Balaban J connectivity index is 0.000000804. The van der Waals surface area contributed by atoms with Crippen molar-refractivity contribution < 1.29 is 79.1 Å². The molecule has 0 saturated carbocycles. The van der Waals surface area contributed by atoms with Gasteiger partial charge < -0.3 is 35.7 Å². The topological polar surface area (TPSA) is 217 Å². The normalized spacial score (nSPS) is 15.8. The van der Waals surface area contributed by atoms with Gasteiger partial charge in [-0.1, -0.05) is 20.3 Å². The Bertz CT molecular complexity index is 1010. The molecule has 16 nitrogen and oxygen atoms in total. The standard InChI is InChI=1S/C15H23N3O5.C10H14N3O5.U/c1-10(2)11-8-14(22)18(15(11)23)6-3-4-12(20)17-9-13(21)16-5-7-19;1-11-6-7(14)12-5-4-10(17)18-13-8(15)2-3-9(13)16;/h7,10-11H,3-6,8-9H2,1-2H3,(H,16,21)(H,17,20);2,11H,3-6H2,1H3,(H,12,14);/q;-1;. The van der Waals surface area contributed by atoms with Crippen molar-refractivity contribution in [1.29, 1.82) is 0 Å². The maximum Gasteiger partial charge on any atom is 0.334 e. The van der Waals surface area contributed by atoms with Gasteiger partial charge in [0.2, 0.25) is 35.4 Å². The Hall–Kier alpha value is -3.29. The van der Waals surface area contributed by atoms with E-state index in [0.717, 1.165) is 6.42 Å². The molecule has 0 aromatic rings. The average molecular weight is 820 g/mol. The van der Waals surface area contributed by atoms with Crippen LogP contribution in [0, 0.1) is 49.4 Å². The number of hydrogen-bond donors (Lipinski definition) is 4. The van der Waals surface area contributed by atoms with Crippen LogP contribution in [0.5, 0.6) is 0 Å². The molecule has 1 unspecified atom stereocenters. The smallest absolute Gasteiger partial charge is 0.334 e. The van der Waals surface area contributed by atoms with E-state index >= 15 is 0 Å². The number of nitrogens with zero attached hydrogens (tertiary/aromatic N) is 2. The Labute approximate surface area is 267 Å². The van der Waals surface area contributed by atoms with Gasteiger partial charge in [0.05, 0.1) is 26.1 Å². The molecule has 17 heteroatoms. The molecule has 2 heterocycles. The summed E-state index contributed by atoms with van der Waals surface area (Å²) < 4.78 is 0. The maximum atomic E-state index is 12.1. The minimum absolute atomic E-state index is 0. The zero-order valence-electron chi connectivity index (χ0n) is 23.9. The third-order valence-electron chi connectivity index (χ3n) is 5.76. The molecule has 42 heavy (non-hydrogen) atoms. The van der Waals surface area contributed by atoms with Gasteiger partial charge in [-0.15, -0.1) is 5.06 Å². The molecule has 0 spiro atoms. The number of nitrogens with one attached hydrogen (secondary N) is 4. The largest absolute Gasteiger partial charge is 0.354 e. The van der Waals surface area contributed by atoms with Gasteiger partial charge in [0.15, 0.2) is 0 Å². The zero-order valence-corrected chi connectivity index (χ0v) is 28.0. The molecule has 4 N–H and O–H groups in total. The number of amides is 7. The van der Waals surface area contributed by atoms with Gasteiger partial charge in [-0.05, 0) is 19.4 Å². The van der Waals surface area contributed by atoms with Crippen molar-refractivity contribution in [2.75, 3.05) is 39.8 Å². The number of carbonyl (C=O) groups is 9. The molecule has 7 amide bonds. The summed E-state index contributed by atoms with van der Waals surface area (Å²) in [6.45, 7) is 3.96. The Kier molecular flexibility index (Phi) is 19.0. The Morgan fingerprint density at radius 3 is 2.19 bits per heavy atom. The summed E-state index contributed by atoms with van der Waals surface area (Å²) in [6.07, 6.45) is 2.20. The maximum absolute atomic E-state index is 12.1. The van der Waals surface area contributed by atoms with E-state index in [1.54, 1.807) is 7.05 Å². The molecule has 0 aromatic carbocycles. The van der Waals surface area contributed by atoms with Crippen LogP contribution >= 0.6 is 0 Å². The van der Waals surface area contributed by atoms with E-state index < -0.39 is 23.7 Å². The van der Waals surface area contributed by atoms with Gasteiger partial charge in [0, 0.05) is 63.0 Å². The first kappa shape index (κ1) is 38.7. The van der Waals surface area contributed by atoms with E-state index in [-0.39, 0.29) is 125 Å². The van der Waals surface area contributed by atoms with Crippen LogP contribution in [0.15, 0.2) is 0 Å². The third kappa shape index (κ3) is 14.1. The van der Waals surface area contributed by atoms with E-state index in [0.29, 0.717) is 17.8 Å². The van der Waals surface area contributed by atoms with Crippen molar-refractivity contribution in [1.82, 2.24) is 31.2 Å². The van der Waals surface area contributed by atoms with Crippen molar-refractivity contribution in [2.45, 2.75) is 46.0 Å². The minimum atomic E-state index is -0.753. The average Bonchev–Trinajstić information content (AvgIpc) is 3.39. The summed E-state index contributed by atoms with van der Waals surface area (Å²) in [6, 6.07) is 0. The number of aldehydes is 1. The third-order valence-corrected chi connectivity index (χ3v) is 5.76. The van der Waals surface area contributed by atoms with Crippen molar-refractivity contribution in [3.63, 3.8) is 0 Å². The summed E-state index contributed by atoms with van der Waals surface area (Å²) in [5.74, 6) is -3.53. The van der Waals surface area contributed by atoms with Gasteiger partial charge in [0.1, 0.15) is 12.2 Å². The summed E-state index contributed by atoms with van der Waals surface area (Å²) >= 11 is 0. The SMILES string of the molecule is CC(C)C1CC(=O)N(CCCC(=O)NCC(=O)NCC=O)C1=O.CNCC(=O)NCCC(=O)ON1C(=O)[CH-]CC1=O.[U]. The van der Waals surface area contributed by atoms with E-state index in [9.17, 15) is 43.2 Å².